The van der Waals surface area contributed by atoms with Crippen molar-refractivity contribution < 1.29 is 33.7 Å². The molecule has 3 aromatic rings. The highest BCUT2D eigenvalue weighted by atomic mass is 35.5. The van der Waals surface area contributed by atoms with Crippen molar-refractivity contribution in [3.05, 3.63) is 90.1 Å². The first-order valence-electron chi connectivity index (χ1n) is 16.5. The second-order valence-corrected chi connectivity index (χ2v) is 12.9. The first-order valence-corrected chi connectivity index (χ1v) is 17.1. The van der Waals surface area contributed by atoms with Crippen molar-refractivity contribution in [2.24, 2.45) is 11.8 Å². The van der Waals surface area contributed by atoms with Crippen molar-refractivity contribution in [1.29, 1.82) is 0 Å². The van der Waals surface area contributed by atoms with Gasteiger partial charge in [0.2, 0.25) is 5.91 Å². The molecule has 0 saturated carbocycles. The molecule has 2 aromatic carbocycles. The summed E-state index contributed by atoms with van der Waals surface area (Å²) in [4.78, 5) is 43.3. The van der Waals surface area contributed by atoms with E-state index in [2.05, 4.69) is 21.0 Å². The molecule has 5 rings (SSSR count). The Morgan fingerprint density at radius 3 is 2.45 bits per heavy atom. The Morgan fingerprint density at radius 2 is 1.76 bits per heavy atom. The van der Waals surface area contributed by atoms with Gasteiger partial charge in [0.15, 0.2) is 6.29 Å². The highest BCUT2D eigenvalue weighted by molar-refractivity contribution is 6.27. The lowest BCUT2D eigenvalue weighted by atomic mass is 10.0. The van der Waals surface area contributed by atoms with E-state index in [1.54, 1.807) is 11.2 Å². The molecule has 0 radical (unpaired) electrons. The predicted molar refractivity (Wildman–Crippen MR) is 183 cm³/mol. The maximum Gasteiger partial charge on any atom is 0.407 e. The number of amides is 3. The van der Waals surface area contributed by atoms with Crippen molar-refractivity contribution in [3.8, 4) is 11.3 Å². The van der Waals surface area contributed by atoms with Crippen molar-refractivity contribution in [1.82, 2.24) is 26.1 Å². The van der Waals surface area contributed by atoms with Crippen LogP contribution in [0.25, 0.3) is 11.3 Å². The van der Waals surface area contributed by atoms with Gasteiger partial charge < -0.3 is 30.0 Å². The maximum absolute atomic E-state index is 13.6. The number of fused-ring (bicyclic) bond motifs is 1. The minimum Gasteiger partial charge on any atom is -0.443 e. The molecule has 2 aliphatic rings. The molecule has 4 N–H and O–H groups in total. The number of hydrogen-bond acceptors (Lipinski definition) is 9. The molecule has 13 heteroatoms. The summed E-state index contributed by atoms with van der Waals surface area (Å²) >= 11 is 5.72. The number of carbonyl (C=O) groups is 3. The van der Waals surface area contributed by atoms with Gasteiger partial charge in [-0.15, -0.1) is 11.6 Å². The van der Waals surface area contributed by atoms with Gasteiger partial charge in [-0.2, -0.15) is 0 Å². The zero-order chi connectivity index (χ0) is 34.8. The lowest BCUT2D eigenvalue weighted by Gasteiger charge is -2.32. The summed E-state index contributed by atoms with van der Waals surface area (Å²) in [6, 6.07) is 21.2. The molecule has 0 unspecified atom stereocenters. The normalized spacial score (nSPS) is 20.3. The van der Waals surface area contributed by atoms with E-state index in [1.807, 2.05) is 86.6 Å². The minimum absolute atomic E-state index is 0.0359. The third kappa shape index (κ3) is 10.2. The van der Waals surface area contributed by atoms with Gasteiger partial charge in [-0.1, -0.05) is 74.5 Å². The summed E-state index contributed by atoms with van der Waals surface area (Å²) in [5, 5.41) is 18.8. The molecule has 6 atom stereocenters. The van der Waals surface area contributed by atoms with Crippen LogP contribution in [0.2, 0.25) is 0 Å². The number of alkyl halides is 1. The molecule has 2 saturated heterocycles. The number of hydrazine groups is 1. The van der Waals surface area contributed by atoms with Crippen LogP contribution in [0.3, 0.4) is 0 Å². The van der Waals surface area contributed by atoms with Gasteiger partial charge in [0.25, 0.3) is 5.91 Å². The van der Waals surface area contributed by atoms with Gasteiger partial charge in [-0.25, -0.2) is 9.80 Å². The second-order valence-electron chi connectivity index (χ2n) is 12.7. The van der Waals surface area contributed by atoms with Gasteiger partial charge in [0.1, 0.15) is 18.0 Å². The average molecular weight is 694 g/mol. The fraction of sp³-hybridized carbons (Fsp3) is 0.444. The number of aromatic nitrogens is 1. The number of nitrogens with one attached hydrogen (secondary N) is 3. The lowest BCUT2D eigenvalue weighted by molar-refractivity contribution is -0.133. The SMILES string of the molecule is CC(C)[C@H](NC(=O)CCl)C(=O)NN(Cc1ccc(-c2ccccn2)cc1)C[C@H](O)[C@H](Cc1ccccc1)NC(=O)O[C@H]1CO[C@H]2OCC[C@H]21. The van der Waals surface area contributed by atoms with E-state index in [0.29, 0.717) is 13.0 Å². The number of aliphatic hydroxyl groups excluding tert-OH is 1. The third-order valence-electron chi connectivity index (χ3n) is 8.66. The molecule has 3 heterocycles. The van der Waals surface area contributed by atoms with E-state index in [0.717, 1.165) is 28.8 Å². The van der Waals surface area contributed by atoms with Crippen LogP contribution in [0.5, 0.6) is 0 Å². The van der Waals surface area contributed by atoms with Crippen LogP contribution in [0.4, 0.5) is 4.79 Å². The topological polar surface area (TPSA) is 151 Å². The largest absolute Gasteiger partial charge is 0.443 e. The van der Waals surface area contributed by atoms with Crippen molar-refractivity contribution in [3.63, 3.8) is 0 Å². The van der Waals surface area contributed by atoms with Crippen molar-refractivity contribution >= 4 is 29.5 Å². The minimum atomic E-state index is -1.15. The zero-order valence-corrected chi connectivity index (χ0v) is 28.4. The number of nitrogens with zero attached hydrogens (tertiary/aromatic N) is 2. The van der Waals surface area contributed by atoms with Crippen LogP contribution in [0.1, 0.15) is 31.4 Å². The van der Waals surface area contributed by atoms with Crippen LogP contribution in [0, 0.1) is 11.8 Å². The first-order chi connectivity index (χ1) is 23.7. The summed E-state index contributed by atoms with van der Waals surface area (Å²) in [5.41, 5.74) is 6.39. The van der Waals surface area contributed by atoms with E-state index in [-0.39, 0.29) is 43.7 Å². The van der Waals surface area contributed by atoms with Crippen LogP contribution in [0.15, 0.2) is 79.0 Å². The van der Waals surface area contributed by atoms with Gasteiger partial charge >= 0.3 is 6.09 Å². The Balaban J connectivity index is 1.34. The first kappa shape index (κ1) is 36.2. The predicted octanol–water partition coefficient (Wildman–Crippen LogP) is 3.42. The highest BCUT2D eigenvalue weighted by Crippen LogP contribution is 2.33. The Kier molecular flexibility index (Phi) is 13.0. The summed E-state index contributed by atoms with van der Waals surface area (Å²) in [7, 11) is 0. The highest BCUT2D eigenvalue weighted by Gasteiger charge is 2.44. The van der Waals surface area contributed by atoms with Gasteiger partial charge in [-0.05, 0) is 42.0 Å². The standard InChI is InChI=1S/C36H44ClN5O7/c1-23(2)33(40-32(44)19-37)34(45)41-42(20-25-11-13-26(14-12-25)28-10-6-7-16-38-28)21-30(43)29(18-24-8-4-3-5-9-24)39-36(46)49-31-22-48-35-27(31)15-17-47-35/h3-14,16,23,27,29-31,33,35,43H,15,17-22H2,1-2H3,(H,39,46)(H,40,44)(H,41,45)/t27-,29-,30-,31-,33-,35+/m0/s1. The Morgan fingerprint density at radius 1 is 1.00 bits per heavy atom. The number of alkyl carbamates (subject to hydrolysis) is 1. The molecule has 49 heavy (non-hydrogen) atoms. The molecule has 3 amide bonds. The lowest BCUT2D eigenvalue weighted by Crippen LogP contribution is -2.57. The fourth-order valence-electron chi connectivity index (χ4n) is 6.03. The van der Waals surface area contributed by atoms with Crippen molar-refractivity contribution in [2.75, 3.05) is 25.6 Å². The molecule has 12 nitrogen and oxygen atoms in total. The van der Waals surface area contributed by atoms with Crippen molar-refractivity contribution in [2.45, 2.75) is 63.8 Å². The maximum atomic E-state index is 13.6. The van der Waals surface area contributed by atoms with E-state index in [9.17, 15) is 19.5 Å². The number of ether oxygens (including phenoxy) is 3. The van der Waals surface area contributed by atoms with Crippen LogP contribution >= 0.6 is 11.6 Å². The van der Waals surface area contributed by atoms with Crippen LogP contribution in [-0.4, -0.2) is 89.2 Å². The summed E-state index contributed by atoms with van der Waals surface area (Å²) in [6.07, 6.45) is 0.106. The quantitative estimate of drug-likeness (QED) is 0.139. The van der Waals surface area contributed by atoms with Crippen LogP contribution in [-0.2, 0) is 36.8 Å². The fourth-order valence-corrected chi connectivity index (χ4v) is 6.11. The molecule has 0 spiro atoms. The number of halogens is 1. The number of benzene rings is 2. The third-order valence-corrected chi connectivity index (χ3v) is 8.90. The number of pyridine rings is 1. The van der Waals surface area contributed by atoms with Gasteiger partial charge in [-0.3, -0.25) is 20.0 Å². The molecule has 2 fully saturated rings. The van der Waals surface area contributed by atoms with Crippen LogP contribution < -0.4 is 16.1 Å². The molecule has 1 aromatic heterocycles. The summed E-state index contributed by atoms with van der Waals surface area (Å²) < 4.78 is 16.9. The number of aliphatic hydroxyl groups is 1. The molecule has 262 valence electrons. The second kappa shape index (κ2) is 17.5. The molecular formula is C36H44ClN5O7. The smallest absolute Gasteiger partial charge is 0.407 e. The van der Waals surface area contributed by atoms with E-state index in [4.69, 9.17) is 25.8 Å². The number of hydrogen-bond donors (Lipinski definition) is 4. The molecule has 0 aliphatic carbocycles. The Labute approximate surface area is 291 Å². The number of carbonyl (C=O) groups excluding carboxylic acids is 3. The molecular weight excluding hydrogens is 650 g/mol. The van der Waals surface area contributed by atoms with Gasteiger partial charge in [0.05, 0.1) is 37.0 Å². The zero-order valence-electron chi connectivity index (χ0n) is 27.7. The Bertz CT molecular complexity index is 1520. The molecule has 0 bridgehead atoms. The van der Waals surface area contributed by atoms with E-state index in [1.165, 1.54) is 0 Å². The summed E-state index contributed by atoms with van der Waals surface area (Å²) in [6.45, 7) is 4.57. The number of rotatable bonds is 15. The summed E-state index contributed by atoms with van der Waals surface area (Å²) in [5.74, 6) is -1.51. The average Bonchev–Trinajstić information content (AvgIpc) is 3.73. The Hall–Kier alpha value is -4.07. The van der Waals surface area contributed by atoms with E-state index >= 15 is 0 Å². The monoisotopic (exact) mass is 693 g/mol. The van der Waals surface area contributed by atoms with E-state index < -0.39 is 42.2 Å². The van der Waals surface area contributed by atoms with Gasteiger partial charge in [0, 0.05) is 24.8 Å². The molecule has 2 aliphatic heterocycles.